The van der Waals surface area contributed by atoms with Crippen molar-refractivity contribution in [1.29, 1.82) is 0 Å². The highest BCUT2D eigenvalue weighted by Crippen LogP contribution is 2.30. The van der Waals surface area contributed by atoms with Crippen LogP contribution in [0.1, 0.15) is 12.8 Å². The van der Waals surface area contributed by atoms with Crippen molar-refractivity contribution in [1.82, 2.24) is 9.47 Å². The molecule has 0 N–H and O–H groups in total. The van der Waals surface area contributed by atoms with Crippen molar-refractivity contribution in [2.45, 2.75) is 29.2 Å². The first-order valence-corrected chi connectivity index (χ1v) is 10.2. The highest BCUT2D eigenvalue weighted by atomic mass is 32.2. The van der Waals surface area contributed by atoms with Gasteiger partial charge in [0.15, 0.2) is 0 Å². The minimum absolute atomic E-state index is 0.0342. The van der Waals surface area contributed by atoms with Crippen molar-refractivity contribution in [3.05, 3.63) is 60.8 Å². The molecule has 3 aromatic rings. The second-order valence-electron chi connectivity index (χ2n) is 6.54. The number of carbonyl (C=O) groups excluding carboxylic acids is 1. The van der Waals surface area contributed by atoms with Crippen LogP contribution in [0.15, 0.2) is 70.6 Å². The van der Waals surface area contributed by atoms with E-state index < -0.39 is 9.84 Å². The predicted octanol–water partition coefficient (Wildman–Crippen LogP) is 3.10. The summed E-state index contributed by atoms with van der Waals surface area (Å²) in [4.78, 5) is 14.9. The molecule has 1 amide bonds. The summed E-state index contributed by atoms with van der Waals surface area (Å²) in [5.74, 6) is 0.0342. The van der Waals surface area contributed by atoms with Crippen molar-refractivity contribution in [3.8, 4) is 0 Å². The maximum atomic E-state index is 13.1. The average Bonchev–Trinajstić information content (AvgIpc) is 3.31. The molecule has 2 aromatic carbocycles. The normalized spacial score (nSPS) is 14.8. The van der Waals surface area contributed by atoms with Gasteiger partial charge in [0.2, 0.25) is 15.7 Å². The van der Waals surface area contributed by atoms with Gasteiger partial charge in [0.25, 0.3) is 0 Å². The fourth-order valence-corrected chi connectivity index (χ4v) is 4.99. The molecule has 1 aromatic heterocycles. The Bertz CT molecular complexity index is 1050. The lowest BCUT2D eigenvalue weighted by atomic mass is 10.2. The molecule has 26 heavy (non-hydrogen) atoms. The van der Waals surface area contributed by atoms with E-state index in [1.54, 1.807) is 47.2 Å². The Morgan fingerprint density at radius 3 is 2.31 bits per heavy atom. The van der Waals surface area contributed by atoms with Crippen molar-refractivity contribution in [2.75, 3.05) is 13.1 Å². The Balaban J connectivity index is 1.78. The van der Waals surface area contributed by atoms with Crippen molar-refractivity contribution in [3.63, 3.8) is 0 Å². The maximum Gasteiger partial charge on any atom is 0.242 e. The zero-order valence-corrected chi connectivity index (χ0v) is 15.2. The Labute approximate surface area is 152 Å². The number of carbonyl (C=O) groups is 1. The van der Waals surface area contributed by atoms with Crippen LogP contribution >= 0.6 is 0 Å². The molecule has 1 saturated heterocycles. The van der Waals surface area contributed by atoms with Crippen LogP contribution in [-0.2, 0) is 21.2 Å². The minimum atomic E-state index is -3.65. The van der Waals surface area contributed by atoms with E-state index in [1.165, 1.54) is 0 Å². The van der Waals surface area contributed by atoms with Crippen LogP contribution in [0.25, 0.3) is 10.9 Å². The van der Waals surface area contributed by atoms with E-state index in [4.69, 9.17) is 0 Å². The lowest BCUT2D eigenvalue weighted by Crippen LogP contribution is -2.30. The lowest BCUT2D eigenvalue weighted by Gasteiger charge is -2.15. The summed E-state index contributed by atoms with van der Waals surface area (Å²) in [5, 5.41) is 0.644. The zero-order valence-electron chi connectivity index (χ0n) is 14.3. The van der Waals surface area contributed by atoms with Gasteiger partial charge in [-0.15, -0.1) is 0 Å². The van der Waals surface area contributed by atoms with Gasteiger partial charge in [-0.2, -0.15) is 0 Å². The second-order valence-corrected chi connectivity index (χ2v) is 8.46. The predicted molar refractivity (Wildman–Crippen MR) is 99.6 cm³/mol. The summed E-state index contributed by atoms with van der Waals surface area (Å²) in [6, 6.07) is 15.7. The minimum Gasteiger partial charge on any atom is -0.341 e. The van der Waals surface area contributed by atoms with Crippen LogP contribution in [0.4, 0.5) is 0 Å². The maximum absolute atomic E-state index is 13.1. The van der Waals surface area contributed by atoms with Crippen molar-refractivity contribution < 1.29 is 13.2 Å². The Morgan fingerprint density at radius 2 is 1.58 bits per heavy atom. The molecule has 0 bridgehead atoms. The molecule has 0 atom stereocenters. The topological polar surface area (TPSA) is 59.4 Å². The molecule has 0 aliphatic carbocycles. The smallest absolute Gasteiger partial charge is 0.242 e. The SMILES string of the molecule is O=C(Cn1cc(S(=O)(=O)c2ccccc2)c2ccccc21)N1CCCC1. The number of fused-ring (bicyclic) bond motifs is 1. The molecular weight excluding hydrogens is 348 g/mol. The van der Waals surface area contributed by atoms with Crippen LogP contribution in [0, 0.1) is 0 Å². The summed E-state index contributed by atoms with van der Waals surface area (Å²) in [7, 11) is -3.65. The Morgan fingerprint density at radius 1 is 0.923 bits per heavy atom. The number of likely N-dealkylation sites (tertiary alicyclic amines) is 1. The molecule has 134 valence electrons. The van der Waals surface area contributed by atoms with Crippen molar-refractivity contribution in [2.24, 2.45) is 0 Å². The first-order chi connectivity index (χ1) is 12.6. The molecule has 1 aliphatic rings. The van der Waals surface area contributed by atoms with E-state index in [2.05, 4.69) is 0 Å². The molecule has 0 unspecified atom stereocenters. The quantitative estimate of drug-likeness (QED) is 0.711. The van der Waals surface area contributed by atoms with E-state index in [9.17, 15) is 13.2 Å². The molecule has 4 rings (SSSR count). The van der Waals surface area contributed by atoms with E-state index in [0.29, 0.717) is 5.39 Å². The zero-order chi connectivity index (χ0) is 18.1. The summed E-state index contributed by atoms with van der Waals surface area (Å²) in [6.45, 7) is 1.73. The fourth-order valence-electron chi connectivity index (χ4n) is 3.50. The van der Waals surface area contributed by atoms with Gasteiger partial charge in [-0.25, -0.2) is 8.42 Å². The van der Waals surface area contributed by atoms with E-state index in [-0.39, 0.29) is 22.2 Å². The first kappa shape index (κ1) is 16.8. The van der Waals surface area contributed by atoms with Crippen LogP contribution in [0.2, 0.25) is 0 Å². The summed E-state index contributed by atoms with van der Waals surface area (Å²) >= 11 is 0. The summed E-state index contributed by atoms with van der Waals surface area (Å²) in [6.07, 6.45) is 3.67. The molecule has 2 heterocycles. The Hall–Kier alpha value is -2.60. The third-order valence-electron chi connectivity index (χ3n) is 4.86. The van der Waals surface area contributed by atoms with E-state index >= 15 is 0 Å². The molecule has 5 nitrogen and oxygen atoms in total. The largest absolute Gasteiger partial charge is 0.341 e. The number of sulfone groups is 1. The van der Waals surface area contributed by atoms with Gasteiger partial charge >= 0.3 is 0 Å². The number of benzene rings is 2. The molecule has 6 heteroatoms. The number of hydrogen-bond acceptors (Lipinski definition) is 3. The van der Waals surface area contributed by atoms with Gasteiger partial charge in [0.1, 0.15) is 6.54 Å². The van der Waals surface area contributed by atoms with Gasteiger partial charge in [-0.3, -0.25) is 4.79 Å². The van der Waals surface area contributed by atoms with Crippen molar-refractivity contribution >= 4 is 26.6 Å². The number of aromatic nitrogens is 1. The van der Waals surface area contributed by atoms with Crippen LogP contribution < -0.4 is 0 Å². The summed E-state index contributed by atoms with van der Waals surface area (Å²) < 4.78 is 27.9. The highest BCUT2D eigenvalue weighted by molar-refractivity contribution is 7.91. The third kappa shape index (κ3) is 2.90. The average molecular weight is 368 g/mol. The monoisotopic (exact) mass is 368 g/mol. The molecule has 0 spiro atoms. The van der Waals surface area contributed by atoms with Gasteiger partial charge in [0.05, 0.1) is 9.79 Å². The van der Waals surface area contributed by atoms with E-state index in [1.807, 2.05) is 23.1 Å². The molecular formula is C20H20N2O3S. The van der Waals surface area contributed by atoms with Gasteiger partial charge in [0, 0.05) is 30.2 Å². The first-order valence-electron chi connectivity index (χ1n) is 8.73. The van der Waals surface area contributed by atoms with Crippen LogP contribution in [0.3, 0.4) is 0 Å². The molecule has 0 radical (unpaired) electrons. The van der Waals surface area contributed by atoms with Gasteiger partial charge < -0.3 is 9.47 Å². The number of amides is 1. The number of hydrogen-bond donors (Lipinski definition) is 0. The third-order valence-corrected chi connectivity index (χ3v) is 6.66. The van der Waals surface area contributed by atoms with E-state index in [0.717, 1.165) is 31.4 Å². The lowest BCUT2D eigenvalue weighted by molar-refractivity contribution is -0.130. The van der Waals surface area contributed by atoms with Gasteiger partial charge in [-0.05, 0) is 31.0 Å². The van der Waals surface area contributed by atoms with Crippen LogP contribution in [-0.4, -0.2) is 36.9 Å². The standard InChI is InChI=1S/C20H20N2O3S/c23-20(21-12-6-7-13-21)15-22-14-19(17-10-4-5-11-18(17)22)26(24,25)16-8-2-1-3-9-16/h1-5,8-11,14H,6-7,12-13,15H2. The highest BCUT2D eigenvalue weighted by Gasteiger charge is 2.25. The molecule has 1 fully saturated rings. The molecule has 0 saturated carbocycles. The molecule has 1 aliphatic heterocycles. The number of rotatable bonds is 4. The fraction of sp³-hybridized carbons (Fsp3) is 0.250. The second kappa shape index (κ2) is 6.61. The summed E-state index contributed by atoms with van der Waals surface area (Å²) in [5.41, 5.74) is 0.759. The Kier molecular flexibility index (Phi) is 4.28. The van der Waals surface area contributed by atoms with Crippen LogP contribution in [0.5, 0.6) is 0 Å². The number of para-hydroxylation sites is 1. The van der Waals surface area contributed by atoms with Gasteiger partial charge in [-0.1, -0.05) is 36.4 Å². The number of nitrogens with zero attached hydrogens (tertiary/aromatic N) is 2.